The molecule has 0 spiro atoms. The molecule has 2 N–H and O–H groups in total. The Bertz CT molecular complexity index is 920. The predicted octanol–water partition coefficient (Wildman–Crippen LogP) is 5.51. The van der Waals surface area contributed by atoms with Gasteiger partial charge in [0.05, 0.1) is 11.4 Å². The number of ether oxygens (including phenoxy) is 1. The molecular formula is C20H17Br2N3O2. The van der Waals surface area contributed by atoms with Gasteiger partial charge in [0, 0.05) is 21.7 Å². The fraction of sp³-hybridized carbons (Fsp3) is 0.100. The number of hydrogen-bond donors (Lipinski definition) is 2. The van der Waals surface area contributed by atoms with E-state index in [1.807, 2.05) is 60.7 Å². The van der Waals surface area contributed by atoms with E-state index in [4.69, 9.17) is 4.74 Å². The zero-order valence-electron chi connectivity index (χ0n) is 14.3. The Morgan fingerprint density at radius 3 is 2.74 bits per heavy atom. The maximum atomic E-state index is 12.1. The molecule has 0 unspecified atom stereocenters. The smallest absolute Gasteiger partial charge is 0.319 e. The van der Waals surface area contributed by atoms with Crippen LogP contribution < -0.4 is 15.4 Å². The largest absolute Gasteiger partial charge is 0.487 e. The molecule has 5 nitrogen and oxygen atoms in total. The maximum absolute atomic E-state index is 12.1. The Morgan fingerprint density at radius 2 is 1.93 bits per heavy atom. The first-order valence-electron chi connectivity index (χ1n) is 8.22. The van der Waals surface area contributed by atoms with Crippen molar-refractivity contribution in [3.05, 3.63) is 87.1 Å². The van der Waals surface area contributed by atoms with Crippen LogP contribution in [0.15, 0.2) is 75.8 Å². The van der Waals surface area contributed by atoms with Gasteiger partial charge in [0.25, 0.3) is 0 Å². The molecule has 3 aromatic rings. The summed E-state index contributed by atoms with van der Waals surface area (Å²) in [6.45, 7) is 0.785. The van der Waals surface area contributed by atoms with Crippen LogP contribution in [0.1, 0.15) is 11.3 Å². The van der Waals surface area contributed by atoms with Crippen molar-refractivity contribution in [1.82, 2.24) is 10.3 Å². The van der Waals surface area contributed by atoms with Crippen molar-refractivity contribution in [2.45, 2.75) is 13.2 Å². The van der Waals surface area contributed by atoms with Crippen LogP contribution in [-0.2, 0) is 13.2 Å². The van der Waals surface area contributed by atoms with Crippen molar-refractivity contribution in [3.63, 3.8) is 0 Å². The lowest BCUT2D eigenvalue weighted by Crippen LogP contribution is -2.28. The van der Waals surface area contributed by atoms with E-state index >= 15 is 0 Å². The Balaban J connectivity index is 1.53. The first-order chi connectivity index (χ1) is 13.1. The maximum Gasteiger partial charge on any atom is 0.319 e. The van der Waals surface area contributed by atoms with E-state index in [9.17, 15) is 4.79 Å². The highest BCUT2D eigenvalue weighted by Gasteiger charge is 2.06. The molecule has 0 aliphatic rings. The van der Waals surface area contributed by atoms with Gasteiger partial charge in [-0.25, -0.2) is 4.79 Å². The lowest BCUT2D eigenvalue weighted by Gasteiger charge is -2.11. The van der Waals surface area contributed by atoms with Crippen LogP contribution in [0.2, 0.25) is 0 Å². The van der Waals surface area contributed by atoms with Gasteiger partial charge < -0.3 is 15.4 Å². The summed E-state index contributed by atoms with van der Waals surface area (Å²) in [5.41, 5.74) is 2.49. The molecule has 0 atom stereocenters. The molecule has 0 saturated heterocycles. The number of rotatable bonds is 6. The molecule has 7 heteroatoms. The van der Waals surface area contributed by atoms with Crippen LogP contribution in [0.25, 0.3) is 0 Å². The van der Waals surface area contributed by atoms with Crippen LogP contribution in [0, 0.1) is 0 Å². The summed E-state index contributed by atoms with van der Waals surface area (Å²) in [7, 11) is 0. The van der Waals surface area contributed by atoms with Gasteiger partial charge in [-0.15, -0.1) is 0 Å². The SMILES string of the molecule is O=C(NCc1cccc(OCc2ccccn2)c1)Nc1cc(Br)ccc1Br. The summed E-state index contributed by atoms with van der Waals surface area (Å²) in [5.74, 6) is 0.732. The van der Waals surface area contributed by atoms with Crippen molar-refractivity contribution in [2.24, 2.45) is 0 Å². The number of urea groups is 1. The molecule has 0 aliphatic carbocycles. The monoisotopic (exact) mass is 489 g/mol. The van der Waals surface area contributed by atoms with Crippen LogP contribution in [0.5, 0.6) is 5.75 Å². The average Bonchev–Trinajstić information content (AvgIpc) is 2.69. The number of amides is 2. The second kappa shape index (κ2) is 9.53. The number of aromatic nitrogens is 1. The van der Waals surface area contributed by atoms with Crippen molar-refractivity contribution >= 4 is 43.6 Å². The quantitative estimate of drug-likeness (QED) is 0.479. The molecule has 2 aromatic carbocycles. The van der Waals surface area contributed by atoms with Gasteiger partial charge in [0.15, 0.2) is 0 Å². The molecule has 0 saturated carbocycles. The van der Waals surface area contributed by atoms with Gasteiger partial charge in [-0.1, -0.05) is 34.1 Å². The predicted molar refractivity (Wildman–Crippen MR) is 113 cm³/mol. The molecule has 3 rings (SSSR count). The summed E-state index contributed by atoms with van der Waals surface area (Å²) in [6.07, 6.45) is 1.74. The van der Waals surface area contributed by atoms with E-state index in [2.05, 4.69) is 47.5 Å². The van der Waals surface area contributed by atoms with Crippen LogP contribution in [-0.4, -0.2) is 11.0 Å². The number of halogens is 2. The van der Waals surface area contributed by atoms with E-state index in [0.717, 1.165) is 26.0 Å². The molecule has 0 radical (unpaired) electrons. The summed E-state index contributed by atoms with van der Waals surface area (Å²) in [6, 6.07) is 18.6. The fourth-order valence-electron chi connectivity index (χ4n) is 2.33. The third-order valence-electron chi connectivity index (χ3n) is 3.64. The van der Waals surface area contributed by atoms with Gasteiger partial charge in [0.1, 0.15) is 12.4 Å². The molecule has 0 fully saturated rings. The van der Waals surface area contributed by atoms with Gasteiger partial charge in [-0.05, 0) is 64.0 Å². The molecule has 2 amide bonds. The highest BCUT2D eigenvalue weighted by atomic mass is 79.9. The van der Waals surface area contributed by atoms with Gasteiger partial charge >= 0.3 is 6.03 Å². The molecule has 27 heavy (non-hydrogen) atoms. The second-order valence-corrected chi connectivity index (χ2v) is 7.46. The lowest BCUT2D eigenvalue weighted by atomic mass is 10.2. The first-order valence-corrected chi connectivity index (χ1v) is 9.80. The number of benzene rings is 2. The minimum absolute atomic E-state index is 0.284. The Morgan fingerprint density at radius 1 is 1.04 bits per heavy atom. The number of pyridine rings is 1. The highest BCUT2D eigenvalue weighted by molar-refractivity contribution is 9.11. The minimum atomic E-state index is -0.284. The number of hydrogen-bond acceptors (Lipinski definition) is 3. The van der Waals surface area contributed by atoms with Crippen LogP contribution in [0.3, 0.4) is 0 Å². The molecule has 0 aliphatic heterocycles. The van der Waals surface area contributed by atoms with Gasteiger partial charge in [-0.2, -0.15) is 0 Å². The highest BCUT2D eigenvalue weighted by Crippen LogP contribution is 2.26. The summed E-state index contributed by atoms with van der Waals surface area (Å²) >= 11 is 6.81. The Kier molecular flexibility index (Phi) is 6.84. The van der Waals surface area contributed by atoms with Crippen molar-refractivity contribution in [2.75, 3.05) is 5.32 Å². The molecular weight excluding hydrogens is 474 g/mol. The topological polar surface area (TPSA) is 63.2 Å². The van der Waals surface area contributed by atoms with E-state index < -0.39 is 0 Å². The third-order valence-corrected chi connectivity index (χ3v) is 4.83. The van der Waals surface area contributed by atoms with Gasteiger partial charge in [-0.3, -0.25) is 4.98 Å². The normalized spacial score (nSPS) is 10.3. The fourth-order valence-corrected chi connectivity index (χ4v) is 3.03. The number of nitrogens with one attached hydrogen (secondary N) is 2. The average molecular weight is 491 g/mol. The lowest BCUT2D eigenvalue weighted by molar-refractivity contribution is 0.251. The number of carbonyl (C=O) groups is 1. The molecule has 1 aromatic heterocycles. The standard InChI is InChI=1S/C20H17Br2N3O2/c21-15-7-8-18(22)19(11-15)25-20(26)24-12-14-4-3-6-17(10-14)27-13-16-5-1-2-9-23-16/h1-11H,12-13H2,(H2,24,25,26). The van der Waals surface area contributed by atoms with E-state index in [1.165, 1.54) is 0 Å². The molecule has 0 bridgehead atoms. The number of nitrogens with zero attached hydrogens (tertiary/aromatic N) is 1. The Hall–Kier alpha value is -2.38. The van der Waals surface area contributed by atoms with Crippen molar-refractivity contribution < 1.29 is 9.53 Å². The first kappa shape index (κ1) is 19.4. The molecule has 138 valence electrons. The van der Waals surface area contributed by atoms with E-state index in [0.29, 0.717) is 18.8 Å². The zero-order valence-corrected chi connectivity index (χ0v) is 17.5. The zero-order chi connectivity index (χ0) is 19.1. The summed E-state index contributed by atoms with van der Waals surface area (Å²) in [4.78, 5) is 16.4. The summed E-state index contributed by atoms with van der Waals surface area (Å²) in [5, 5.41) is 5.66. The number of carbonyl (C=O) groups excluding carboxylic acids is 1. The van der Waals surface area contributed by atoms with Gasteiger partial charge in [0.2, 0.25) is 0 Å². The Labute approximate surface area is 174 Å². The van der Waals surface area contributed by atoms with Crippen LogP contribution in [0.4, 0.5) is 10.5 Å². The van der Waals surface area contributed by atoms with E-state index in [-0.39, 0.29) is 6.03 Å². The minimum Gasteiger partial charge on any atom is -0.487 e. The molecule has 1 heterocycles. The summed E-state index contributed by atoms with van der Waals surface area (Å²) < 4.78 is 7.46. The van der Waals surface area contributed by atoms with Crippen molar-refractivity contribution in [1.29, 1.82) is 0 Å². The third kappa shape index (κ3) is 6.08. The second-order valence-electron chi connectivity index (χ2n) is 5.69. The van der Waals surface area contributed by atoms with Crippen molar-refractivity contribution in [3.8, 4) is 5.75 Å². The van der Waals surface area contributed by atoms with E-state index in [1.54, 1.807) is 6.20 Å². The van der Waals surface area contributed by atoms with Crippen LogP contribution >= 0.6 is 31.9 Å². The number of anilines is 1.